The molecule has 1 unspecified atom stereocenters. The summed E-state index contributed by atoms with van der Waals surface area (Å²) in [7, 11) is 0. The van der Waals surface area contributed by atoms with Crippen molar-refractivity contribution in [1.29, 1.82) is 0 Å². The van der Waals surface area contributed by atoms with Gasteiger partial charge < -0.3 is 10.2 Å². The molecule has 0 aliphatic carbocycles. The van der Waals surface area contributed by atoms with Crippen LogP contribution in [0, 0.1) is 11.8 Å². The van der Waals surface area contributed by atoms with Gasteiger partial charge in [-0.05, 0) is 18.8 Å². The van der Waals surface area contributed by atoms with Gasteiger partial charge in [-0.15, -0.1) is 24.8 Å². The van der Waals surface area contributed by atoms with Crippen LogP contribution in [0.2, 0.25) is 0 Å². The number of rotatable bonds is 3. The van der Waals surface area contributed by atoms with E-state index in [0.717, 1.165) is 39.1 Å². The molecule has 6 nitrogen and oxygen atoms in total. The van der Waals surface area contributed by atoms with E-state index in [0.29, 0.717) is 11.8 Å². The molecule has 0 bridgehead atoms. The predicted molar refractivity (Wildman–Crippen MR) is 80.2 cm³/mol. The summed E-state index contributed by atoms with van der Waals surface area (Å²) in [5.41, 5.74) is 0. The van der Waals surface area contributed by atoms with Crippen molar-refractivity contribution < 1.29 is 4.79 Å². The second-order valence-electron chi connectivity index (χ2n) is 5.27. The van der Waals surface area contributed by atoms with Crippen LogP contribution in [0.1, 0.15) is 12.8 Å². The first-order valence-electron chi connectivity index (χ1n) is 6.65. The topological polar surface area (TPSA) is 63.1 Å². The van der Waals surface area contributed by atoms with Gasteiger partial charge in [0.2, 0.25) is 5.91 Å². The molecule has 1 atom stereocenters. The summed E-state index contributed by atoms with van der Waals surface area (Å²) in [5.74, 6) is 1.06. The number of halogens is 2. The third-order valence-corrected chi connectivity index (χ3v) is 3.87. The van der Waals surface area contributed by atoms with E-state index in [4.69, 9.17) is 0 Å². The molecule has 20 heavy (non-hydrogen) atoms. The summed E-state index contributed by atoms with van der Waals surface area (Å²) in [4.78, 5) is 18.2. The van der Waals surface area contributed by atoms with Gasteiger partial charge in [0.05, 0.1) is 5.92 Å². The Morgan fingerprint density at radius 2 is 2.15 bits per heavy atom. The molecule has 2 aliphatic heterocycles. The number of hydrogen-bond donors (Lipinski definition) is 1. The Bertz CT molecular complexity index is 410. The summed E-state index contributed by atoms with van der Waals surface area (Å²) in [6.45, 7) is 4.36. The van der Waals surface area contributed by atoms with Crippen molar-refractivity contribution in [3.8, 4) is 0 Å². The fourth-order valence-corrected chi connectivity index (χ4v) is 2.73. The highest BCUT2D eigenvalue weighted by Gasteiger charge is 2.32. The van der Waals surface area contributed by atoms with E-state index in [1.54, 1.807) is 12.7 Å². The summed E-state index contributed by atoms with van der Waals surface area (Å²) in [6, 6.07) is 0. The SMILES string of the molecule is Cl.Cl.O=C(C1CNC1)N1CCCC(Cn2cncn2)C1. The van der Waals surface area contributed by atoms with Crippen LogP contribution in [-0.4, -0.2) is 51.8 Å². The van der Waals surface area contributed by atoms with Gasteiger partial charge in [-0.1, -0.05) is 0 Å². The molecule has 0 saturated carbocycles. The number of hydrogen-bond acceptors (Lipinski definition) is 4. The van der Waals surface area contributed by atoms with E-state index in [-0.39, 0.29) is 30.7 Å². The molecular weight excluding hydrogens is 301 g/mol. The molecule has 1 aromatic heterocycles. The first kappa shape index (κ1) is 17.2. The van der Waals surface area contributed by atoms with Gasteiger partial charge in [0.15, 0.2) is 0 Å². The highest BCUT2D eigenvalue weighted by Crippen LogP contribution is 2.20. The van der Waals surface area contributed by atoms with Crippen LogP contribution in [0.15, 0.2) is 12.7 Å². The molecule has 2 aliphatic rings. The molecule has 0 radical (unpaired) electrons. The fraction of sp³-hybridized carbons (Fsp3) is 0.750. The Morgan fingerprint density at radius 3 is 2.75 bits per heavy atom. The van der Waals surface area contributed by atoms with Gasteiger partial charge in [0.25, 0.3) is 0 Å². The molecule has 1 aromatic rings. The number of likely N-dealkylation sites (tertiary alicyclic amines) is 1. The molecule has 3 heterocycles. The lowest BCUT2D eigenvalue weighted by Gasteiger charge is -2.37. The zero-order valence-electron chi connectivity index (χ0n) is 11.3. The Balaban J connectivity index is 0.000001000. The lowest BCUT2D eigenvalue weighted by atomic mass is 9.95. The van der Waals surface area contributed by atoms with Crippen molar-refractivity contribution >= 4 is 30.7 Å². The first-order chi connectivity index (χ1) is 8.83. The average Bonchev–Trinajstić information content (AvgIpc) is 2.80. The van der Waals surface area contributed by atoms with Crippen molar-refractivity contribution in [2.24, 2.45) is 11.8 Å². The monoisotopic (exact) mass is 321 g/mol. The van der Waals surface area contributed by atoms with Gasteiger partial charge in [-0.2, -0.15) is 5.10 Å². The zero-order chi connectivity index (χ0) is 12.4. The van der Waals surface area contributed by atoms with Crippen molar-refractivity contribution in [3.63, 3.8) is 0 Å². The minimum absolute atomic E-state index is 0. The first-order valence-corrected chi connectivity index (χ1v) is 6.65. The molecule has 1 N–H and O–H groups in total. The van der Waals surface area contributed by atoms with Crippen LogP contribution < -0.4 is 5.32 Å². The second-order valence-corrected chi connectivity index (χ2v) is 5.27. The number of piperidine rings is 1. The third-order valence-electron chi connectivity index (χ3n) is 3.87. The van der Waals surface area contributed by atoms with Crippen molar-refractivity contribution in [1.82, 2.24) is 25.0 Å². The number of aromatic nitrogens is 3. The van der Waals surface area contributed by atoms with Crippen LogP contribution in [0.5, 0.6) is 0 Å². The number of amides is 1. The van der Waals surface area contributed by atoms with Crippen LogP contribution in [-0.2, 0) is 11.3 Å². The van der Waals surface area contributed by atoms with Gasteiger partial charge in [0, 0.05) is 32.7 Å². The predicted octanol–water partition coefficient (Wildman–Crippen LogP) is 0.580. The molecule has 2 fully saturated rings. The van der Waals surface area contributed by atoms with Crippen LogP contribution >= 0.6 is 24.8 Å². The molecule has 0 spiro atoms. The molecule has 1 amide bonds. The molecular formula is C12H21Cl2N5O. The Labute approximate surface area is 131 Å². The normalized spacial score (nSPS) is 22.4. The standard InChI is InChI=1S/C12H19N5O.2ClH/c18-12(11-4-13-5-11)16-3-1-2-10(6-16)7-17-9-14-8-15-17;;/h8-11,13H,1-7H2;2*1H. The largest absolute Gasteiger partial charge is 0.342 e. The van der Waals surface area contributed by atoms with Gasteiger partial charge in [0.1, 0.15) is 12.7 Å². The fourth-order valence-electron chi connectivity index (χ4n) is 2.73. The molecule has 8 heteroatoms. The molecule has 3 rings (SSSR count). The van der Waals surface area contributed by atoms with Crippen molar-refractivity contribution in [2.75, 3.05) is 26.2 Å². The number of carbonyl (C=O) groups excluding carboxylic acids is 1. The Hall–Kier alpha value is -0.850. The minimum Gasteiger partial charge on any atom is -0.342 e. The highest BCUT2D eigenvalue weighted by atomic mass is 35.5. The number of nitrogens with zero attached hydrogens (tertiary/aromatic N) is 4. The minimum atomic E-state index is 0. The van der Waals surface area contributed by atoms with Crippen LogP contribution in [0.4, 0.5) is 0 Å². The number of carbonyl (C=O) groups is 1. The van der Waals surface area contributed by atoms with E-state index in [1.807, 2.05) is 9.58 Å². The van der Waals surface area contributed by atoms with Gasteiger partial charge in [-0.25, -0.2) is 4.98 Å². The van der Waals surface area contributed by atoms with E-state index in [2.05, 4.69) is 15.4 Å². The summed E-state index contributed by atoms with van der Waals surface area (Å²) in [5, 5.41) is 7.29. The summed E-state index contributed by atoms with van der Waals surface area (Å²) >= 11 is 0. The summed E-state index contributed by atoms with van der Waals surface area (Å²) in [6.07, 6.45) is 5.58. The highest BCUT2D eigenvalue weighted by molar-refractivity contribution is 5.85. The van der Waals surface area contributed by atoms with Crippen molar-refractivity contribution in [2.45, 2.75) is 19.4 Å². The molecule has 0 aromatic carbocycles. The van der Waals surface area contributed by atoms with Gasteiger partial charge in [-0.3, -0.25) is 9.48 Å². The lowest BCUT2D eigenvalue weighted by molar-refractivity contribution is -0.139. The van der Waals surface area contributed by atoms with E-state index < -0.39 is 0 Å². The maximum absolute atomic E-state index is 12.2. The Kier molecular flexibility index (Phi) is 6.71. The Morgan fingerprint density at radius 1 is 1.35 bits per heavy atom. The summed E-state index contributed by atoms with van der Waals surface area (Å²) < 4.78 is 1.86. The second kappa shape index (κ2) is 7.81. The van der Waals surface area contributed by atoms with E-state index in [9.17, 15) is 4.79 Å². The smallest absolute Gasteiger partial charge is 0.228 e. The molecule has 2 saturated heterocycles. The van der Waals surface area contributed by atoms with E-state index >= 15 is 0 Å². The van der Waals surface area contributed by atoms with E-state index in [1.165, 1.54) is 6.42 Å². The number of nitrogens with one attached hydrogen (secondary N) is 1. The lowest BCUT2D eigenvalue weighted by Crippen LogP contribution is -2.54. The zero-order valence-corrected chi connectivity index (χ0v) is 12.9. The maximum Gasteiger partial charge on any atom is 0.228 e. The average molecular weight is 322 g/mol. The molecule has 114 valence electrons. The van der Waals surface area contributed by atoms with Crippen molar-refractivity contribution in [3.05, 3.63) is 12.7 Å². The third kappa shape index (κ3) is 3.84. The maximum atomic E-state index is 12.2. The van der Waals surface area contributed by atoms with Gasteiger partial charge >= 0.3 is 0 Å². The quantitative estimate of drug-likeness (QED) is 0.884. The van der Waals surface area contributed by atoms with Crippen LogP contribution in [0.25, 0.3) is 0 Å². The van der Waals surface area contributed by atoms with Crippen LogP contribution in [0.3, 0.4) is 0 Å².